The normalized spacial score (nSPS) is 16.2. The molecular formula is C18H21BrN2O2S. The van der Waals surface area contributed by atoms with E-state index < -0.39 is 10.0 Å². The zero-order valence-electron chi connectivity index (χ0n) is 13.6. The number of anilines is 2. The molecule has 1 fully saturated rings. The van der Waals surface area contributed by atoms with E-state index in [1.807, 2.05) is 24.3 Å². The first-order valence-electron chi connectivity index (χ1n) is 8.07. The molecule has 0 amide bonds. The first-order chi connectivity index (χ1) is 11.4. The summed E-state index contributed by atoms with van der Waals surface area (Å²) in [6, 6.07) is 14.3. The third-order valence-corrected chi connectivity index (χ3v) is 6.25. The van der Waals surface area contributed by atoms with Crippen LogP contribution in [0.3, 0.4) is 0 Å². The predicted octanol–water partition coefficient (Wildman–Crippen LogP) is 4.49. The maximum Gasteiger partial charge on any atom is 0.261 e. The molecule has 0 spiro atoms. The third kappa shape index (κ3) is 4.11. The van der Waals surface area contributed by atoms with Gasteiger partial charge in [0.25, 0.3) is 10.0 Å². The van der Waals surface area contributed by atoms with E-state index in [0.717, 1.165) is 29.2 Å². The Hall–Kier alpha value is -1.53. The standard InChI is InChI=1S/C18H21BrN2O2S/c1-14-9-11-21(12-10-14)17-7-5-16(6-8-17)20-24(22,23)18-4-2-3-15(19)13-18/h2-8,13-14,20H,9-12H2,1H3. The molecule has 0 aliphatic carbocycles. The van der Waals surface area contributed by atoms with Crippen LogP contribution < -0.4 is 9.62 Å². The second kappa shape index (κ2) is 7.15. The average molecular weight is 409 g/mol. The fourth-order valence-electron chi connectivity index (χ4n) is 2.86. The number of hydrogen-bond acceptors (Lipinski definition) is 3. The topological polar surface area (TPSA) is 49.4 Å². The maximum absolute atomic E-state index is 12.4. The van der Waals surface area contributed by atoms with Gasteiger partial charge in [-0.1, -0.05) is 28.9 Å². The van der Waals surface area contributed by atoms with E-state index in [2.05, 4.69) is 32.5 Å². The molecule has 0 saturated carbocycles. The van der Waals surface area contributed by atoms with Crippen LogP contribution in [0.15, 0.2) is 57.9 Å². The van der Waals surface area contributed by atoms with Crippen molar-refractivity contribution < 1.29 is 8.42 Å². The van der Waals surface area contributed by atoms with Gasteiger partial charge in [0.15, 0.2) is 0 Å². The molecular weight excluding hydrogens is 388 g/mol. The van der Waals surface area contributed by atoms with Gasteiger partial charge in [0.2, 0.25) is 0 Å². The SMILES string of the molecule is CC1CCN(c2ccc(NS(=O)(=O)c3cccc(Br)c3)cc2)CC1. The van der Waals surface area contributed by atoms with Crippen molar-refractivity contribution in [2.45, 2.75) is 24.7 Å². The summed E-state index contributed by atoms with van der Waals surface area (Å²) in [5.74, 6) is 0.789. The van der Waals surface area contributed by atoms with Crippen LogP contribution in [0.4, 0.5) is 11.4 Å². The lowest BCUT2D eigenvalue weighted by atomic mass is 9.99. The lowest BCUT2D eigenvalue weighted by Crippen LogP contribution is -2.32. The fraction of sp³-hybridized carbons (Fsp3) is 0.333. The van der Waals surface area contributed by atoms with Crippen molar-refractivity contribution in [1.29, 1.82) is 0 Å². The van der Waals surface area contributed by atoms with Crippen molar-refractivity contribution in [3.63, 3.8) is 0 Å². The van der Waals surface area contributed by atoms with Crippen LogP contribution in [-0.2, 0) is 10.0 Å². The second-order valence-corrected chi connectivity index (χ2v) is 8.88. The number of benzene rings is 2. The summed E-state index contributed by atoms with van der Waals surface area (Å²) >= 11 is 3.30. The molecule has 128 valence electrons. The number of nitrogens with zero attached hydrogens (tertiary/aromatic N) is 1. The maximum atomic E-state index is 12.4. The minimum Gasteiger partial charge on any atom is -0.372 e. The number of hydrogen-bond donors (Lipinski definition) is 1. The largest absolute Gasteiger partial charge is 0.372 e. The van der Waals surface area contributed by atoms with Gasteiger partial charge in [0.1, 0.15) is 0 Å². The highest BCUT2D eigenvalue weighted by Crippen LogP contribution is 2.25. The first kappa shape index (κ1) is 17.3. The molecule has 0 unspecified atom stereocenters. The molecule has 6 heteroatoms. The predicted molar refractivity (Wildman–Crippen MR) is 102 cm³/mol. The molecule has 2 aromatic rings. The van der Waals surface area contributed by atoms with E-state index in [1.54, 1.807) is 24.3 Å². The van der Waals surface area contributed by atoms with Gasteiger partial charge in [-0.3, -0.25) is 4.72 Å². The van der Waals surface area contributed by atoms with Gasteiger partial charge in [-0.2, -0.15) is 0 Å². The number of sulfonamides is 1. The summed E-state index contributed by atoms with van der Waals surface area (Å²) in [6.07, 6.45) is 2.41. The molecule has 1 N–H and O–H groups in total. The van der Waals surface area contributed by atoms with Crippen molar-refractivity contribution in [1.82, 2.24) is 0 Å². The summed E-state index contributed by atoms with van der Waals surface area (Å²) in [5, 5.41) is 0. The molecule has 1 aliphatic heterocycles. The smallest absolute Gasteiger partial charge is 0.261 e. The molecule has 3 rings (SSSR count). The summed E-state index contributed by atoms with van der Waals surface area (Å²) in [5.41, 5.74) is 1.72. The highest BCUT2D eigenvalue weighted by atomic mass is 79.9. The summed E-state index contributed by atoms with van der Waals surface area (Å²) in [4.78, 5) is 2.60. The molecule has 0 aromatic heterocycles. The van der Waals surface area contributed by atoms with Crippen LogP contribution in [0.25, 0.3) is 0 Å². The van der Waals surface area contributed by atoms with Gasteiger partial charge in [-0.05, 0) is 61.2 Å². The van der Waals surface area contributed by atoms with Crippen molar-refractivity contribution >= 4 is 37.3 Å². The van der Waals surface area contributed by atoms with Gasteiger partial charge in [-0.25, -0.2) is 8.42 Å². The van der Waals surface area contributed by atoms with Gasteiger partial charge >= 0.3 is 0 Å². The number of halogens is 1. The lowest BCUT2D eigenvalue weighted by molar-refractivity contribution is 0.438. The zero-order chi connectivity index (χ0) is 17.2. The molecule has 1 heterocycles. The Morgan fingerprint density at radius 3 is 2.38 bits per heavy atom. The van der Waals surface area contributed by atoms with Crippen molar-refractivity contribution in [3.05, 3.63) is 53.0 Å². The molecule has 0 bridgehead atoms. The van der Waals surface area contributed by atoms with E-state index in [1.165, 1.54) is 12.8 Å². The van der Waals surface area contributed by atoms with Crippen LogP contribution in [-0.4, -0.2) is 21.5 Å². The van der Waals surface area contributed by atoms with E-state index in [-0.39, 0.29) is 4.90 Å². The summed E-state index contributed by atoms with van der Waals surface area (Å²) < 4.78 is 28.2. The van der Waals surface area contributed by atoms with Crippen molar-refractivity contribution in [2.75, 3.05) is 22.7 Å². The molecule has 24 heavy (non-hydrogen) atoms. The second-order valence-electron chi connectivity index (χ2n) is 6.28. The minimum absolute atomic E-state index is 0.242. The van der Waals surface area contributed by atoms with Crippen LogP contribution in [0, 0.1) is 5.92 Å². The van der Waals surface area contributed by atoms with E-state index in [4.69, 9.17) is 0 Å². The number of piperidine rings is 1. The average Bonchev–Trinajstić information content (AvgIpc) is 2.56. The van der Waals surface area contributed by atoms with E-state index in [9.17, 15) is 8.42 Å². The molecule has 4 nitrogen and oxygen atoms in total. The van der Waals surface area contributed by atoms with E-state index in [0.29, 0.717) is 5.69 Å². The van der Waals surface area contributed by atoms with Gasteiger partial charge in [0.05, 0.1) is 4.90 Å². The third-order valence-electron chi connectivity index (χ3n) is 4.37. The number of nitrogens with one attached hydrogen (secondary N) is 1. The Morgan fingerprint density at radius 2 is 1.75 bits per heavy atom. The number of rotatable bonds is 4. The Kier molecular flexibility index (Phi) is 5.15. The monoisotopic (exact) mass is 408 g/mol. The lowest BCUT2D eigenvalue weighted by Gasteiger charge is -2.32. The molecule has 0 atom stereocenters. The van der Waals surface area contributed by atoms with Crippen LogP contribution in [0.2, 0.25) is 0 Å². The highest BCUT2D eigenvalue weighted by Gasteiger charge is 2.17. The van der Waals surface area contributed by atoms with Crippen LogP contribution in [0.5, 0.6) is 0 Å². The minimum atomic E-state index is -3.57. The molecule has 1 aliphatic rings. The van der Waals surface area contributed by atoms with Crippen LogP contribution in [0.1, 0.15) is 19.8 Å². The van der Waals surface area contributed by atoms with Gasteiger partial charge in [-0.15, -0.1) is 0 Å². The highest BCUT2D eigenvalue weighted by molar-refractivity contribution is 9.10. The Morgan fingerprint density at radius 1 is 1.08 bits per heavy atom. The van der Waals surface area contributed by atoms with Gasteiger partial charge in [0, 0.05) is 28.9 Å². The molecule has 0 radical (unpaired) electrons. The van der Waals surface area contributed by atoms with E-state index >= 15 is 0 Å². The Balaban J connectivity index is 1.72. The Labute approximate surface area is 152 Å². The molecule has 2 aromatic carbocycles. The zero-order valence-corrected chi connectivity index (χ0v) is 16.0. The quantitative estimate of drug-likeness (QED) is 0.810. The Bertz CT molecular complexity index is 798. The van der Waals surface area contributed by atoms with Crippen molar-refractivity contribution in [2.24, 2.45) is 5.92 Å². The first-order valence-corrected chi connectivity index (χ1v) is 10.3. The summed E-state index contributed by atoms with van der Waals surface area (Å²) in [7, 11) is -3.57. The van der Waals surface area contributed by atoms with Crippen molar-refractivity contribution in [3.8, 4) is 0 Å². The fourth-order valence-corrected chi connectivity index (χ4v) is 4.51. The van der Waals surface area contributed by atoms with Gasteiger partial charge < -0.3 is 4.90 Å². The molecule has 1 saturated heterocycles. The van der Waals surface area contributed by atoms with Crippen LogP contribution >= 0.6 is 15.9 Å². The summed E-state index contributed by atoms with van der Waals surface area (Å²) in [6.45, 7) is 4.41.